The second kappa shape index (κ2) is 8.02. The van der Waals surface area contributed by atoms with Crippen LogP contribution >= 0.6 is 38.6 Å². The van der Waals surface area contributed by atoms with E-state index in [1.807, 2.05) is 35.7 Å². The summed E-state index contributed by atoms with van der Waals surface area (Å²) in [5, 5.41) is 17.1. The van der Waals surface area contributed by atoms with Crippen LogP contribution in [0.3, 0.4) is 0 Å². The van der Waals surface area contributed by atoms with E-state index >= 15 is 0 Å². The number of amides is 1. The number of hydrogen-bond acceptors (Lipinski definition) is 6. The van der Waals surface area contributed by atoms with Gasteiger partial charge in [0.05, 0.1) is 28.1 Å². The summed E-state index contributed by atoms with van der Waals surface area (Å²) < 4.78 is 1.90. The standard InChI is InChI=1S/C20H11BrN4OS2/c21-15-7-8-17-18(10-15)28-20(24-17)25(23-12-16-2-1-9-27-16)19(26)14-5-3-13(11-22)4-6-14/h1-10,12H/b23-12+. The Morgan fingerprint density at radius 1 is 1.21 bits per heavy atom. The molecule has 0 N–H and O–H groups in total. The van der Waals surface area contributed by atoms with E-state index in [0.29, 0.717) is 16.3 Å². The lowest BCUT2D eigenvalue weighted by molar-refractivity contribution is 0.0988. The zero-order valence-electron chi connectivity index (χ0n) is 14.2. The molecule has 2 aromatic heterocycles. The number of carbonyl (C=O) groups excluding carboxylic acids is 1. The molecule has 0 saturated carbocycles. The highest BCUT2D eigenvalue weighted by Crippen LogP contribution is 2.32. The number of thiophene rings is 1. The van der Waals surface area contributed by atoms with Crippen LogP contribution in [-0.4, -0.2) is 17.1 Å². The molecule has 0 bridgehead atoms. The highest BCUT2D eigenvalue weighted by Gasteiger charge is 2.21. The number of aromatic nitrogens is 1. The van der Waals surface area contributed by atoms with Crippen molar-refractivity contribution in [2.45, 2.75) is 0 Å². The van der Waals surface area contributed by atoms with Crippen molar-refractivity contribution in [3.63, 3.8) is 0 Å². The van der Waals surface area contributed by atoms with E-state index in [9.17, 15) is 4.79 Å². The first-order valence-corrected chi connectivity index (χ1v) is 10.6. The largest absolute Gasteiger partial charge is 0.280 e. The van der Waals surface area contributed by atoms with Crippen molar-refractivity contribution in [2.24, 2.45) is 5.10 Å². The number of hydrogen-bond donors (Lipinski definition) is 0. The van der Waals surface area contributed by atoms with Gasteiger partial charge in [0, 0.05) is 14.9 Å². The zero-order chi connectivity index (χ0) is 19.5. The number of benzene rings is 2. The number of nitrogens with zero attached hydrogens (tertiary/aromatic N) is 4. The maximum atomic E-state index is 13.1. The van der Waals surface area contributed by atoms with Crippen LogP contribution in [0, 0.1) is 11.3 Å². The van der Waals surface area contributed by atoms with Crippen molar-refractivity contribution in [3.05, 3.63) is 80.5 Å². The van der Waals surface area contributed by atoms with Gasteiger partial charge >= 0.3 is 0 Å². The summed E-state index contributed by atoms with van der Waals surface area (Å²) >= 11 is 6.38. The quantitative estimate of drug-likeness (QED) is 0.287. The Kier molecular flexibility index (Phi) is 5.30. The van der Waals surface area contributed by atoms with E-state index in [4.69, 9.17) is 5.26 Å². The van der Waals surface area contributed by atoms with Crippen molar-refractivity contribution in [2.75, 3.05) is 5.01 Å². The number of rotatable bonds is 4. The van der Waals surface area contributed by atoms with Crippen molar-refractivity contribution in [1.82, 2.24) is 4.98 Å². The minimum absolute atomic E-state index is 0.310. The Labute approximate surface area is 177 Å². The molecule has 0 spiro atoms. The van der Waals surface area contributed by atoms with Gasteiger partial charge in [-0.3, -0.25) is 4.79 Å². The third-order valence-electron chi connectivity index (χ3n) is 3.82. The molecule has 1 amide bonds. The second-order valence-electron chi connectivity index (χ2n) is 5.67. The molecule has 0 radical (unpaired) electrons. The van der Waals surface area contributed by atoms with Gasteiger partial charge in [0.15, 0.2) is 0 Å². The molecule has 0 aliphatic rings. The average molecular weight is 467 g/mol. The zero-order valence-corrected chi connectivity index (χ0v) is 17.5. The number of anilines is 1. The van der Waals surface area contributed by atoms with E-state index in [1.54, 1.807) is 30.5 Å². The molecule has 4 aromatic rings. The number of nitriles is 1. The van der Waals surface area contributed by atoms with E-state index in [2.05, 4.69) is 32.1 Å². The van der Waals surface area contributed by atoms with Gasteiger partial charge in [-0.25, -0.2) is 4.98 Å². The van der Waals surface area contributed by atoms with Gasteiger partial charge in [0.2, 0.25) is 5.13 Å². The van der Waals surface area contributed by atoms with Crippen molar-refractivity contribution in [3.8, 4) is 6.07 Å². The number of halogens is 1. The highest BCUT2D eigenvalue weighted by molar-refractivity contribution is 9.10. The maximum Gasteiger partial charge on any atom is 0.280 e. The molecular formula is C20H11BrN4OS2. The summed E-state index contributed by atoms with van der Waals surface area (Å²) in [7, 11) is 0. The van der Waals surface area contributed by atoms with Gasteiger partial charge in [-0.05, 0) is 53.9 Å². The Morgan fingerprint density at radius 2 is 2.04 bits per heavy atom. The molecule has 4 rings (SSSR count). The summed E-state index contributed by atoms with van der Waals surface area (Å²) in [6.45, 7) is 0. The van der Waals surface area contributed by atoms with Gasteiger partial charge in [-0.2, -0.15) is 15.4 Å². The second-order valence-corrected chi connectivity index (χ2v) is 8.58. The number of hydrazone groups is 1. The average Bonchev–Trinajstić information content (AvgIpc) is 3.37. The minimum Gasteiger partial charge on any atom is -0.267 e. The van der Waals surface area contributed by atoms with E-state index in [0.717, 1.165) is 19.6 Å². The molecule has 136 valence electrons. The van der Waals surface area contributed by atoms with Crippen molar-refractivity contribution >= 4 is 66.1 Å². The third-order valence-corrected chi connectivity index (χ3v) is 6.11. The monoisotopic (exact) mass is 466 g/mol. The van der Waals surface area contributed by atoms with Gasteiger partial charge in [-0.1, -0.05) is 33.3 Å². The summed E-state index contributed by atoms with van der Waals surface area (Å²) in [5.74, 6) is -0.310. The number of fused-ring (bicyclic) bond motifs is 1. The van der Waals surface area contributed by atoms with E-state index < -0.39 is 0 Å². The van der Waals surface area contributed by atoms with Crippen LogP contribution in [0.2, 0.25) is 0 Å². The van der Waals surface area contributed by atoms with E-state index in [-0.39, 0.29) is 5.91 Å². The first-order chi connectivity index (χ1) is 13.6. The molecule has 2 aromatic carbocycles. The smallest absolute Gasteiger partial charge is 0.267 e. The van der Waals surface area contributed by atoms with Crippen LogP contribution in [0.1, 0.15) is 20.8 Å². The SMILES string of the molecule is N#Cc1ccc(C(=O)N(/N=C/c2cccs2)c2nc3ccc(Br)cc3s2)cc1. The first-order valence-electron chi connectivity index (χ1n) is 8.12. The normalized spacial score (nSPS) is 11.0. The molecule has 5 nitrogen and oxygen atoms in total. The predicted molar refractivity (Wildman–Crippen MR) is 117 cm³/mol. The fourth-order valence-corrected chi connectivity index (χ4v) is 4.51. The Morgan fingerprint density at radius 3 is 2.75 bits per heavy atom. The van der Waals surface area contributed by atoms with Gasteiger partial charge in [0.25, 0.3) is 5.91 Å². The Bertz CT molecular complexity index is 1210. The highest BCUT2D eigenvalue weighted by atomic mass is 79.9. The molecule has 0 saturated heterocycles. The summed E-state index contributed by atoms with van der Waals surface area (Å²) in [6, 6.07) is 18.1. The molecule has 0 fully saturated rings. The number of thiazole rings is 1. The summed E-state index contributed by atoms with van der Waals surface area (Å²) in [6.07, 6.45) is 1.65. The van der Waals surface area contributed by atoms with Crippen LogP contribution in [0.25, 0.3) is 10.2 Å². The maximum absolute atomic E-state index is 13.1. The predicted octanol–water partition coefficient (Wildman–Crippen LogP) is 5.67. The molecular weight excluding hydrogens is 456 g/mol. The Hall–Kier alpha value is -2.86. The fourth-order valence-electron chi connectivity index (χ4n) is 2.45. The molecule has 8 heteroatoms. The summed E-state index contributed by atoms with van der Waals surface area (Å²) in [5.41, 5.74) is 1.73. The lowest BCUT2D eigenvalue weighted by Gasteiger charge is -2.13. The van der Waals surface area contributed by atoms with Crippen LogP contribution in [0.15, 0.2) is 69.6 Å². The van der Waals surface area contributed by atoms with Gasteiger partial charge < -0.3 is 0 Å². The number of carbonyl (C=O) groups is 1. The van der Waals surface area contributed by atoms with Gasteiger partial charge in [-0.15, -0.1) is 11.3 Å². The first kappa shape index (κ1) is 18.5. The molecule has 0 aliphatic carbocycles. The summed E-state index contributed by atoms with van der Waals surface area (Å²) in [4.78, 5) is 18.6. The van der Waals surface area contributed by atoms with E-state index in [1.165, 1.54) is 27.7 Å². The van der Waals surface area contributed by atoms with Crippen LogP contribution in [0.4, 0.5) is 5.13 Å². The van der Waals surface area contributed by atoms with Gasteiger partial charge in [0.1, 0.15) is 0 Å². The van der Waals surface area contributed by atoms with Crippen LogP contribution in [-0.2, 0) is 0 Å². The lowest BCUT2D eigenvalue weighted by Crippen LogP contribution is -2.25. The molecule has 0 atom stereocenters. The molecule has 0 aliphatic heterocycles. The lowest BCUT2D eigenvalue weighted by atomic mass is 10.1. The van der Waals surface area contributed by atoms with Crippen LogP contribution < -0.4 is 5.01 Å². The minimum atomic E-state index is -0.310. The van der Waals surface area contributed by atoms with Crippen LogP contribution in [0.5, 0.6) is 0 Å². The molecule has 0 unspecified atom stereocenters. The van der Waals surface area contributed by atoms with Crippen molar-refractivity contribution < 1.29 is 4.79 Å². The fraction of sp³-hybridized carbons (Fsp3) is 0. The Balaban J connectivity index is 1.75. The topological polar surface area (TPSA) is 69.3 Å². The molecule has 2 heterocycles. The molecule has 28 heavy (non-hydrogen) atoms. The third kappa shape index (κ3) is 3.87. The van der Waals surface area contributed by atoms with Crippen molar-refractivity contribution in [1.29, 1.82) is 5.26 Å².